The molecule has 5 heteroatoms. The van der Waals surface area contributed by atoms with Crippen molar-refractivity contribution in [1.29, 1.82) is 0 Å². The van der Waals surface area contributed by atoms with E-state index in [1.54, 1.807) is 6.92 Å². The zero-order valence-electron chi connectivity index (χ0n) is 12.5. The lowest BCUT2D eigenvalue weighted by Crippen LogP contribution is -2.20. The zero-order chi connectivity index (χ0) is 16.3. The lowest BCUT2D eigenvalue weighted by Gasteiger charge is -2.29. The van der Waals surface area contributed by atoms with Crippen LogP contribution in [-0.2, 0) is 9.53 Å². The Balaban J connectivity index is 2.00. The summed E-state index contributed by atoms with van der Waals surface area (Å²) in [5, 5.41) is 0. The van der Waals surface area contributed by atoms with Gasteiger partial charge in [-0.3, -0.25) is 0 Å². The fraction of sp³-hybridized carbons (Fsp3) is 0.471. The monoisotopic (exact) mass is 312 g/mol. The quantitative estimate of drug-likeness (QED) is 0.465. The van der Waals surface area contributed by atoms with E-state index < -0.39 is 17.5 Å². The Morgan fingerprint density at radius 3 is 2.23 bits per heavy atom. The van der Waals surface area contributed by atoms with Crippen molar-refractivity contribution in [2.24, 2.45) is 5.92 Å². The third-order valence-electron chi connectivity index (χ3n) is 4.24. The first kappa shape index (κ1) is 16.6. The van der Waals surface area contributed by atoms with Crippen molar-refractivity contribution < 1.29 is 22.7 Å². The molecule has 1 aromatic carbocycles. The van der Waals surface area contributed by atoms with E-state index in [0.717, 1.165) is 12.1 Å². The number of halogens is 3. The highest BCUT2D eigenvalue weighted by molar-refractivity contribution is 5.88. The number of carbonyl (C=O) groups is 1. The van der Waals surface area contributed by atoms with Crippen LogP contribution in [0.3, 0.4) is 0 Å². The van der Waals surface area contributed by atoms with E-state index in [9.17, 15) is 18.0 Å². The number of rotatable bonds is 4. The summed E-state index contributed by atoms with van der Waals surface area (Å²) in [4.78, 5) is 11.7. The van der Waals surface area contributed by atoms with E-state index >= 15 is 0 Å². The van der Waals surface area contributed by atoms with Gasteiger partial charge in [-0.2, -0.15) is 0 Å². The van der Waals surface area contributed by atoms with E-state index in [0.29, 0.717) is 43.4 Å². The third-order valence-corrected chi connectivity index (χ3v) is 4.24. The predicted octanol–water partition coefficient (Wildman–Crippen LogP) is 4.50. The molecule has 0 atom stereocenters. The lowest BCUT2D eigenvalue weighted by atomic mass is 9.76. The molecule has 1 aliphatic carbocycles. The van der Waals surface area contributed by atoms with Crippen LogP contribution in [0.15, 0.2) is 24.3 Å². The second-order valence-corrected chi connectivity index (χ2v) is 5.59. The van der Waals surface area contributed by atoms with Crippen LogP contribution in [0.5, 0.6) is 0 Å². The van der Waals surface area contributed by atoms with Crippen molar-refractivity contribution in [3.05, 3.63) is 47.3 Å². The fourth-order valence-corrected chi connectivity index (χ4v) is 2.98. The van der Waals surface area contributed by atoms with Crippen molar-refractivity contribution in [2.45, 2.75) is 38.5 Å². The molecule has 0 N–H and O–H groups in total. The molecular formula is C17H19F3O2. The highest BCUT2D eigenvalue weighted by Gasteiger charge is 2.28. The molecule has 22 heavy (non-hydrogen) atoms. The molecule has 0 aliphatic heterocycles. The largest absolute Gasteiger partial charge is 0.463 e. The van der Waals surface area contributed by atoms with E-state index in [2.05, 4.69) is 6.58 Å². The third kappa shape index (κ3) is 3.51. The number of ether oxygens (including phenoxy) is 1. The standard InChI is InChI=1S/C17H19F3O2/c1-3-22-17(21)10(2)11-4-6-12(7-5-11)13-8-14(18)16(20)15(19)9-13/h8-9,11-12H,2-7H2,1H3. The van der Waals surface area contributed by atoms with Gasteiger partial charge in [0.25, 0.3) is 0 Å². The summed E-state index contributed by atoms with van der Waals surface area (Å²) in [6.07, 6.45) is 2.74. The molecule has 0 heterocycles. The van der Waals surface area contributed by atoms with E-state index in [1.807, 2.05) is 0 Å². The summed E-state index contributed by atoms with van der Waals surface area (Å²) in [5.41, 5.74) is 0.924. The Kier molecular flexibility index (Phi) is 5.27. The normalized spacial score (nSPS) is 21.5. The Hall–Kier alpha value is -1.78. The van der Waals surface area contributed by atoms with Crippen LogP contribution < -0.4 is 0 Å². The number of benzene rings is 1. The number of hydrogen-bond acceptors (Lipinski definition) is 2. The van der Waals surface area contributed by atoms with Gasteiger partial charge in [-0.15, -0.1) is 0 Å². The van der Waals surface area contributed by atoms with Gasteiger partial charge >= 0.3 is 5.97 Å². The molecule has 0 aromatic heterocycles. The maximum Gasteiger partial charge on any atom is 0.333 e. The Morgan fingerprint density at radius 2 is 1.73 bits per heavy atom. The molecule has 0 radical (unpaired) electrons. The second kappa shape index (κ2) is 6.99. The predicted molar refractivity (Wildman–Crippen MR) is 76.8 cm³/mol. The average molecular weight is 312 g/mol. The van der Waals surface area contributed by atoms with Crippen molar-refractivity contribution in [2.75, 3.05) is 6.61 Å². The first-order valence-corrected chi connectivity index (χ1v) is 7.44. The van der Waals surface area contributed by atoms with Crippen molar-refractivity contribution in [3.63, 3.8) is 0 Å². The molecule has 0 unspecified atom stereocenters. The van der Waals surface area contributed by atoms with Crippen LogP contribution in [0.2, 0.25) is 0 Å². The van der Waals surface area contributed by atoms with Crippen molar-refractivity contribution in [1.82, 2.24) is 0 Å². The summed E-state index contributed by atoms with van der Waals surface area (Å²) in [6, 6.07) is 2.12. The van der Waals surface area contributed by atoms with E-state index in [1.165, 1.54) is 0 Å². The Bertz CT molecular complexity index is 552. The number of carbonyl (C=O) groups excluding carboxylic acids is 1. The summed E-state index contributed by atoms with van der Waals surface area (Å²) in [5.74, 6) is -4.14. The Labute approximate surface area is 128 Å². The fourth-order valence-electron chi connectivity index (χ4n) is 2.98. The summed E-state index contributed by atoms with van der Waals surface area (Å²) >= 11 is 0. The van der Waals surface area contributed by atoms with E-state index in [4.69, 9.17) is 4.74 Å². The van der Waals surface area contributed by atoms with Crippen LogP contribution in [0.4, 0.5) is 13.2 Å². The maximum atomic E-state index is 13.3. The van der Waals surface area contributed by atoms with Crippen LogP contribution in [-0.4, -0.2) is 12.6 Å². The minimum absolute atomic E-state index is 0.0316. The van der Waals surface area contributed by atoms with Gasteiger partial charge < -0.3 is 4.74 Å². The molecule has 0 bridgehead atoms. The zero-order valence-corrected chi connectivity index (χ0v) is 12.5. The minimum atomic E-state index is -1.44. The molecule has 1 fully saturated rings. The molecule has 0 amide bonds. The molecule has 0 saturated heterocycles. The molecule has 2 nitrogen and oxygen atoms in total. The molecule has 1 aliphatic rings. The van der Waals surface area contributed by atoms with Crippen LogP contribution in [0.25, 0.3) is 0 Å². The maximum absolute atomic E-state index is 13.3. The van der Waals surface area contributed by atoms with Gasteiger partial charge in [0.1, 0.15) is 0 Å². The first-order valence-electron chi connectivity index (χ1n) is 7.44. The Morgan fingerprint density at radius 1 is 1.18 bits per heavy atom. The SMILES string of the molecule is C=C(C(=O)OCC)C1CCC(c2cc(F)c(F)c(F)c2)CC1. The highest BCUT2D eigenvalue weighted by atomic mass is 19.2. The van der Waals surface area contributed by atoms with Gasteiger partial charge in [-0.1, -0.05) is 6.58 Å². The minimum Gasteiger partial charge on any atom is -0.463 e. The van der Waals surface area contributed by atoms with Gasteiger partial charge in [0, 0.05) is 5.57 Å². The summed E-state index contributed by atoms with van der Waals surface area (Å²) in [6.45, 7) is 5.83. The van der Waals surface area contributed by atoms with Gasteiger partial charge in [-0.05, 0) is 62.1 Å². The molecule has 120 valence electrons. The molecular weight excluding hydrogens is 293 g/mol. The first-order chi connectivity index (χ1) is 10.4. The summed E-state index contributed by atoms with van der Waals surface area (Å²) in [7, 11) is 0. The molecule has 0 spiro atoms. The smallest absolute Gasteiger partial charge is 0.333 e. The average Bonchev–Trinajstić information content (AvgIpc) is 2.51. The number of hydrogen-bond donors (Lipinski definition) is 0. The van der Waals surface area contributed by atoms with Gasteiger partial charge in [0.05, 0.1) is 6.61 Å². The van der Waals surface area contributed by atoms with Crippen molar-refractivity contribution >= 4 is 5.97 Å². The lowest BCUT2D eigenvalue weighted by molar-refractivity contribution is -0.139. The van der Waals surface area contributed by atoms with Crippen LogP contribution in [0.1, 0.15) is 44.1 Å². The van der Waals surface area contributed by atoms with Crippen LogP contribution in [0, 0.1) is 23.4 Å². The molecule has 2 rings (SSSR count). The highest BCUT2D eigenvalue weighted by Crippen LogP contribution is 2.39. The summed E-state index contributed by atoms with van der Waals surface area (Å²) < 4.78 is 44.5. The molecule has 1 aromatic rings. The van der Waals surface area contributed by atoms with Crippen LogP contribution >= 0.6 is 0 Å². The van der Waals surface area contributed by atoms with Gasteiger partial charge in [-0.25, -0.2) is 18.0 Å². The topological polar surface area (TPSA) is 26.3 Å². The van der Waals surface area contributed by atoms with E-state index in [-0.39, 0.29) is 17.8 Å². The van der Waals surface area contributed by atoms with Gasteiger partial charge in [0.2, 0.25) is 0 Å². The number of esters is 1. The van der Waals surface area contributed by atoms with Gasteiger partial charge in [0.15, 0.2) is 17.5 Å². The molecule has 1 saturated carbocycles. The van der Waals surface area contributed by atoms with Crippen molar-refractivity contribution in [3.8, 4) is 0 Å². The second-order valence-electron chi connectivity index (χ2n) is 5.59.